The van der Waals surface area contributed by atoms with Gasteiger partial charge in [-0.15, -0.1) is 0 Å². The smallest absolute Gasteiger partial charge is 0.303 e. The number of amides is 1. The Kier molecular flexibility index (Phi) is 8.22. The second-order valence-electron chi connectivity index (χ2n) is 11.3. The lowest BCUT2D eigenvalue weighted by Gasteiger charge is -2.43. The average molecular weight is 592 g/mol. The minimum Gasteiger partial charge on any atom is -0.454 e. The summed E-state index contributed by atoms with van der Waals surface area (Å²) in [6, 6.07) is 20.1. The van der Waals surface area contributed by atoms with Gasteiger partial charge in [0.1, 0.15) is 12.4 Å². The van der Waals surface area contributed by atoms with Crippen molar-refractivity contribution in [2.24, 2.45) is 0 Å². The van der Waals surface area contributed by atoms with Crippen molar-refractivity contribution in [1.29, 1.82) is 0 Å². The number of nitrogens with one attached hydrogen (secondary N) is 1. The maximum atomic E-state index is 16.2. The van der Waals surface area contributed by atoms with Gasteiger partial charge in [0.05, 0.1) is 12.9 Å². The molecule has 4 atom stereocenters. The fraction of sp³-hybridized carbons (Fsp3) is 0.367. The molecule has 10 nitrogen and oxygen atoms in total. The number of benzene rings is 2. The Morgan fingerprint density at radius 1 is 1.00 bits per heavy atom. The van der Waals surface area contributed by atoms with Crippen LogP contribution >= 0.6 is 0 Å². The van der Waals surface area contributed by atoms with Crippen molar-refractivity contribution in [2.45, 2.75) is 64.3 Å². The quantitative estimate of drug-likeness (QED) is 0.244. The first-order valence-electron chi connectivity index (χ1n) is 13.7. The van der Waals surface area contributed by atoms with Crippen molar-refractivity contribution in [3.63, 3.8) is 0 Å². The predicted molar refractivity (Wildman–Crippen MR) is 158 cm³/mol. The number of esters is 1. The molecule has 0 aliphatic carbocycles. The summed E-state index contributed by atoms with van der Waals surface area (Å²) < 4.78 is 36.3. The van der Waals surface area contributed by atoms with Crippen molar-refractivity contribution in [2.75, 3.05) is 11.9 Å². The van der Waals surface area contributed by atoms with Crippen LogP contribution in [-0.4, -0.2) is 64.7 Å². The Balaban J connectivity index is 1.51. The molecule has 220 valence electrons. The highest BCUT2D eigenvalue weighted by molar-refractivity contribution is 6.99. The third kappa shape index (κ3) is 5.44. The van der Waals surface area contributed by atoms with Gasteiger partial charge in [0.15, 0.2) is 35.5 Å². The zero-order chi connectivity index (χ0) is 30.1. The summed E-state index contributed by atoms with van der Waals surface area (Å²) in [6.45, 7) is 8.90. The third-order valence-corrected chi connectivity index (χ3v) is 12.4. The van der Waals surface area contributed by atoms with Gasteiger partial charge >= 0.3 is 5.97 Å². The summed E-state index contributed by atoms with van der Waals surface area (Å²) in [5.74, 6) is -0.775. The Morgan fingerprint density at radius 2 is 1.62 bits per heavy atom. The summed E-state index contributed by atoms with van der Waals surface area (Å²) in [5.41, 5.74) is 0.581. The van der Waals surface area contributed by atoms with E-state index < -0.39 is 38.9 Å². The van der Waals surface area contributed by atoms with Crippen LogP contribution in [0.1, 0.15) is 40.8 Å². The molecule has 12 heteroatoms. The van der Waals surface area contributed by atoms with E-state index >= 15 is 4.39 Å². The Hall–Kier alpha value is -4.00. The van der Waals surface area contributed by atoms with E-state index in [0.29, 0.717) is 5.52 Å². The number of ether oxygens (including phenoxy) is 2. The largest absolute Gasteiger partial charge is 0.454 e. The number of hydrogen-bond acceptors (Lipinski definition) is 8. The van der Waals surface area contributed by atoms with Gasteiger partial charge in [-0.3, -0.25) is 14.2 Å². The monoisotopic (exact) mass is 591 g/mol. The Morgan fingerprint density at radius 3 is 2.17 bits per heavy atom. The zero-order valence-electron chi connectivity index (χ0n) is 24.2. The van der Waals surface area contributed by atoms with Gasteiger partial charge in [-0.25, -0.2) is 19.3 Å². The van der Waals surface area contributed by atoms with Crippen LogP contribution in [-0.2, 0) is 23.5 Å². The number of anilines is 1. The first kappa shape index (κ1) is 29.5. The maximum Gasteiger partial charge on any atom is 0.303 e. The summed E-state index contributed by atoms with van der Waals surface area (Å²) >= 11 is 0. The number of aromatic nitrogens is 4. The maximum absolute atomic E-state index is 16.2. The molecule has 3 heterocycles. The molecule has 4 aromatic rings. The molecule has 1 aliphatic heterocycles. The molecule has 1 amide bonds. The molecule has 0 radical (unpaired) electrons. The van der Waals surface area contributed by atoms with E-state index in [1.165, 1.54) is 31.1 Å². The van der Waals surface area contributed by atoms with Crippen LogP contribution in [0.25, 0.3) is 11.2 Å². The minimum absolute atomic E-state index is 0.0819. The van der Waals surface area contributed by atoms with Gasteiger partial charge in [0, 0.05) is 13.8 Å². The lowest BCUT2D eigenvalue weighted by atomic mass is 10.1. The SMILES string of the molecule is CC(=O)Nc1ncnc2c1ncn2C1OC(CO[Si](c2ccccc2)(c2ccccc2)C(C)(C)C)C(F)C1OC(C)=O. The molecule has 1 fully saturated rings. The molecule has 1 N–H and O–H groups in total. The molecule has 4 unspecified atom stereocenters. The third-order valence-electron chi connectivity index (χ3n) is 7.37. The number of imidazole rings is 1. The molecule has 2 aromatic heterocycles. The van der Waals surface area contributed by atoms with E-state index in [0.717, 1.165) is 10.4 Å². The molecule has 0 spiro atoms. The van der Waals surface area contributed by atoms with Gasteiger partial charge in [0.2, 0.25) is 5.91 Å². The van der Waals surface area contributed by atoms with Crippen LogP contribution in [0.15, 0.2) is 73.3 Å². The van der Waals surface area contributed by atoms with Gasteiger partial charge in [0.25, 0.3) is 8.32 Å². The van der Waals surface area contributed by atoms with Crippen molar-refractivity contribution < 1.29 is 27.9 Å². The molecule has 0 bridgehead atoms. The van der Waals surface area contributed by atoms with Crippen molar-refractivity contribution in [3.8, 4) is 0 Å². The molecule has 5 rings (SSSR count). The van der Waals surface area contributed by atoms with E-state index in [2.05, 4.69) is 65.3 Å². The lowest BCUT2D eigenvalue weighted by molar-refractivity contribution is -0.154. The van der Waals surface area contributed by atoms with Crippen LogP contribution in [0.4, 0.5) is 10.2 Å². The van der Waals surface area contributed by atoms with Gasteiger partial charge in [-0.2, -0.15) is 0 Å². The van der Waals surface area contributed by atoms with Crippen LogP contribution < -0.4 is 15.7 Å². The van der Waals surface area contributed by atoms with E-state index in [1.54, 1.807) is 0 Å². The number of alkyl halides is 1. The lowest BCUT2D eigenvalue weighted by Crippen LogP contribution is -2.67. The summed E-state index contributed by atoms with van der Waals surface area (Å²) in [4.78, 5) is 36.4. The van der Waals surface area contributed by atoms with Crippen LogP contribution in [0.2, 0.25) is 5.04 Å². The minimum atomic E-state index is -2.99. The highest BCUT2D eigenvalue weighted by Crippen LogP contribution is 2.40. The molecule has 42 heavy (non-hydrogen) atoms. The van der Waals surface area contributed by atoms with Crippen LogP contribution in [0.5, 0.6) is 0 Å². The Bertz CT molecular complexity index is 1520. The molecular formula is C30H34FN5O5Si. The van der Waals surface area contributed by atoms with E-state index in [4.69, 9.17) is 13.9 Å². The number of carbonyl (C=O) groups is 2. The van der Waals surface area contributed by atoms with E-state index in [9.17, 15) is 9.59 Å². The van der Waals surface area contributed by atoms with Crippen molar-refractivity contribution in [1.82, 2.24) is 19.5 Å². The fourth-order valence-corrected chi connectivity index (χ4v) is 10.2. The van der Waals surface area contributed by atoms with E-state index in [-0.39, 0.29) is 29.0 Å². The molecule has 2 aromatic carbocycles. The molecule has 1 aliphatic rings. The summed E-state index contributed by atoms with van der Waals surface area (Å²) in [5, 5.41) is 4.38. The predicted octanol–water partition coefficient (Wildman–Crippen LogP) is 3.53. The average Bonchev–Trinajstić information content (AvgIpc) is 3.51. The van der Waals surface area contributed by atoms with Gasteiger partial charge in [-0.05, 0) is 15.4 Å². The van der Waals surface area contributed by atoms with E-state index in [1.807, 2.05) is 36.4 Å². The van der Waals surface area contributed by atoms with Crippen molar-refractivity contribution >= 4 is 47.5 Å². The number of nitrogens with zero attached hydrogens (tertiary/aromatic N) is 4. The number of hydrogen-bond donors (Lipinski definition) is 1. The fourth-order valence-electron chi connectivity index (χ4n) is 5.64. The zero-order valence-corrected chi connectivity index (χ0v) is 25.2. The van der Waals surface area contributed by atoms with Crippen LogP contribution in [0, 0.1) is 0 Å². The summed E-state index contributed by atoms with van der Waals surface area (Å²) in [7, 11) is -2.99. The molecular weight excluding hydrogens is 557 g/mol. The first-order valence-corrected chi connectivity index (χ1v) is 15.6. The standard InChI is InChI=1S/C30H34FN5O5Si/c1-19(37)35-27-25-28(33-17-32-27)36(18-34-25)29-26(40-20(2)38)24(31)23(41-29)16-39-42(30(3,4)5,21-12-8-6-9-13-21)22-14-10-7-11-15-22/h6-15,17-18,23-24,26,29H,16H2,1-5H3,(H,32,33,35,37). The topological polar surface area (TPSA) is 117 Å². The number of carbonyl (C=O) groups excluding carboxylic acids is 2. The normalized spacial score (nSPS) is 20.9. The van der Waals surface area contributed by atoms with Crippen LogP contribution in [0.3, 0.4) is 0 Å². The van der Waals surface area contributed by atoms with Gasteiger partial charge in [-0.1, -0.05) is 81.4 Å². The Labute approximate surface area is 244 Å². The molecule has 0 saturated carbocycles. The second-order valence-corrected chi connectivity index (χ2v) is 15.6. The summed E-state index contributed by atoms with van der Waals surface area (Å²) in [6.07, 6.45) is -2.46. The van der Waals surface area contributed by atoms with Crippen molar-refractivity contribution in [3.05, 3.63) is 73.3 Å². The number of rotatable bonds is 8. The first-order chi connectivity index (χ1) is 20.0. The van der Waals surface area contributed by atoms with Gasteiger partial charge < -0.3 is 19.2 Å². The number of fused-ring (bicyclic) bond motifs is 1. The number of halogens is 1. The highest BCUT2D eigenvalue weighted by Gasteiger charge is 2.54. The second kappa shape index (κ2) is 11.7. The highest BCUT2D eigenvalue weighted by atomic mass is 28.4. The molecule has 1 saturated heterocycles.